The number of carbonyl (C=O) groups is 1. The fraction of sp³-hybridized carbons (Fsp3) is 0.652. The monoisotopic (exact) mass is 386 g/mol. The van der Waals surface area contributed by atoms with Gasteiger partial charge in [-0.25, -0.2) is 0 Å². The molecule has 0 atom stereocenters. The molecule has 1 aromatic carbocycles. The van der Waals surface area contributed by atoms with Gasteiger partial charge in [0.15, 0.2) is 5.96 Å². The molecule has 0 unspecified atom stereocenters. The standard InChI is InChI=1S/C23H38N4O/c1-23(2,14-8-11-19-9-6-5-7-10-19)18-26-22(25-4)27-15-12-20(13-16-27)17-21(28)24-3/h5-7,9-10,20H,8,11-18H2,1-4H3,(H,24,28)(H,25,26). The minimum Gasteiger partial charge on any atom is -0.359 e. The van der Waals surface area contributed by atoms with E-state index < -0.39 is 0 Å². The number of piperidine rings is 1. The molecule has 1 saturated heterocycles. The van der Waals surface area contributed by atoms with Gasteiger partial charge in [0.1, 0.15) is 0 Å². The Kier molecular flexibility index (Phi) is 8.81. The maximum absolute atomic E-state index is 11.6. The predicted molar refractivity (Wildman–Crippen MR) is 118 cm³/mol. The third kappa shape index (κ3) is 7.53. The summed E-state index contributed by atoms with van der Waals surface area (Å²) in [6, 6.07) is 10.7. The normalized spacial score (nSPS) is 16.1. The van der Waals surface area contributed by atoms with Crippen LogP contribution in [0.25, 0.3) is 0 Å². The first-order valence-corrected chi connectivity index (χ1v) is 10.6. The summed E-state index contributed by atoms with van der Waals surface area (Å²) in [5, 5.41) is 6.32. The number of aliphatic imine (C=N–C) groups is 1. The zero-order valence-corrected chi connectivity index (χ0v) is 18.1. The van der Waals surface area contributed by atoms with Crippen LogP contribution in [0.2, 0.25) is 0 Å². The second-order valence-electron chi connectivity index (χ2n) is 8.71. The summed E-state index contributed by atoms with van der Waals surface area (Å²) < 4.78 is 0. The molecule has 1 amide bonds. The fourth-order valence-corrected chi connectivity index (χ4v) is 3.87. The highest BCUT2D eigenvalue weighted by Gasteiger charge is 2.24. The summed E-state index contributed by atoms with van der Waals surface area (Å²) >= 11 is 0. The number of carbonyl (C=O) groups excluding carboxylic acids is 1. The van der Waals surface area contributed by atoms with Crippen molar-refractivity contribution in [2.24, 2.45) is 16.3 Å². The molecule has 0 aromatic heterocycles. The number of likely N-dealkylation sites (tertiary alicyclic amines) is 1. The summed E-state index contributed by atoms with van der Waals surface area (Å²) in [6.07, 6.45) is 6.26. The Morgan fingerprint density at radius 3 is 2.50 bits per heavy atom. The number of nitrogens with zero attached hydrogens (tertiary/aromatic N) is 2. The van der Waals surface area contributed by atoms with Gasteiger partial charge >= 0.3 is 0 Å². The second kappa shape index (κ2) is 11.1. The fourth-order valence-electron chi connectivity index (χ4n) is 3.87. The van der Waals surface area contributed by atoms with Crippen molar-refractivity contribution in [2.75, 3.05) is 33.7 Å². The molecule has 1 aromatic rings. The molecule has 2 rings (SSSR count). The molecule has 1 aliphatic heterocycles. The maximum Gasteiger partial charge on any atom is 0.220 e. The molecule has 0 radical (unpaired) electrons. The molecule has 5 nitrogen and oxygen atoms in total. The van der Waals surface area contributed by atoms with E-state index in [0.717, 1.165) is 44.9 Å². The Hall–Kier alpha value is -2.04. The summed E-state index contributed by atoms with van der Waals surface area (Å²) in [5.41, 5.74) is 1.64. The van der Waals surface area contributed by atoms with Crippen molar-refractivity contribution >= 4 is 11.9 Å². The maximum atomic E-state index is 11.6. The molecule has 0 saturated carbocycles. The van der Waals surface area contributed by atoms with Gasteiger partial charge in [0.2, 0.25) is 5.91 Å². The molecular weight excluding hydrogens is 348 g/mol. The Labute approximate surface area is 171 Å². The van der Waals surface area contributed by atoms with E-state index in [-0.39, 0.29) is 11.3 Å². The summed E-state index contributed by atoms with van der Waals surface area (Å²) in [6.45, 7) is 7.51. The van der Waals surface area contributed by atoms with Crippen LogP contribution in [0.15, 0.2) is 35.3 Å². The number of amides is 1. The van der Waals surface area contributed by atoms with Gasteiger partial charge in [-0.2, -0.15) is 0 Å². The van der Waals surface area contributed by atoms with E-state index in [4.69, 9.17) is 0 Å². The van der Waals surface area contributed by atoms with Crippen molar-refractivity contribution in [1.29, 1.82) is 0 Å². The highest BCUT2D eigenvalue weighted by molar-refractivity contribution is 5.80. The smallest absolute Gasteiger partial charge is 0.220 e. The van der Waals surface area contributed by atoms with Gasteiger partial charge in [0.05, 0.1) is 0 Å². The minimum absolute atomic E-state index is 0.151. The summed E-state index contributed by atoms with van der Waals surface area (Å²) in [7, 11) is 3.58. The number of aryl methyl sites for hydroxylation is 1. The van der Waals surface area contributed by atoms with Crippen molar-refractivity contribution < 1.29 is 4.79 Å². The summed E-state index contributed by atoms with van der Waals surface area (Å²) in [4.78, 5) is 18.4. The molecule has 1 aliphatic rings. The number of guanidine groups is 1. The average Bonchev–Trinajstić information content (AvgIpc) is 2.70. The summed E-state index contributed by atoms with van der Waals surface area (Å²) in [5.74, 6) is 1.64. The van der Waals surface area contributed by atoms with Gasteiger partial charge in [0, 0.05) is 40.2 Å². The Bertz CT molecular complexity index is 619. The van der Waals surface area contributed by atoms with Crippen molar-refractivity contribution in [1.82, 2.24) is 15.5 Å². The third-order valence-corrected chi connectivity index (χ3v) is 5.77. The van der Waals surface area contributed by atoms with Gasteiger partial charge < -0.3 is 15.5 Å². The van der Waals surface area contributed by atoms with E-state index in [1.54, 1.807) is 7.05 Å². The number of rotatable bonds is 8. The lowest BCUT2D eigenvalue weighted by Gasteiger charge is -2.35. The van der Waals surface area contributed by atoms with Crippen molar-refractivity contribution in [3.63, 3.8) is 0 Å². The van der Waals surface area contributed by atoms with Crippen LogP contribution >= 0.6 is 0 Å². The molecule has 1 heterocycles. The van der Waals surface area contributed by atoms with Crippen LogP contribution in [0, 0.1) is 11.3 Å². The number of nitrogens with one attached hydrogen (secondary N) is 2. The highest BCUT2D eigenvalue weighted by atomic mass is 16.1. The third-order valence-electron chi connectivity index (χ3n) is 5.77. The molecule has 28 heavy (non-hydrogen) atoms. The highest BCUT2D eigenvalue weighted by Crippen LogP contribution is 2.24. The number of hydrogen-bond acceptors (Lipinski definition) is 2. The van der Waals surface area contributed by atoms with E-state index in [9.17, 15) is 4.79 Å². The van der Waals surface area contributed by atoms with Gasteiger partial charge in [-0.3, -0.25) is 9.79 Å². The minimum atomic E-state index is 0.151. The van der Waals surface area contributed by atoms with Gasteiger partial charge in [0.25, 0.3) is 0 Å². The van der Waals surface area contributed by atoms with Crippen LogP contribution in [-0.4, -0.2) is 50.5 Å². The largest absolute Gasteiger partial charge is 0.359 e. The van der Waals surface area contributed by atoms with Crippen LogP contribution in [0.5, 0.6) is 0 Å². The van der Waals surface area contributed by atoms with Crippen LogP contribution in [-0.2, 0) is 11.2 Å². The van der Waals surface area contributed by atoms with Crippen molar-refractivity contribution in [2.45, 2.75) is 52.4 Å². The van der Waals surface area contributed by atoms with E-state index in [1.165, 1.54) is 18.4 Å². The van der Waals surface area contributed by atoms with Crippen LogP contribution in [0.3, 0.4) is 0 Å². The van der Waals surface area contributed by atoms with E-state index in [0.29, 0.717) is 12.3 Å². The lowest BCUT2D eigenvalue weighted by molar-refractivity contribution is -0.121. The lowest BCUT2D eigenvalue weighted by Crippen LogP contribution is -2.48. The molecule has 2 N–H and O–H groups in total. The topological polar surface area (TPSA) is 56.7 Å². The first-order chi connectivity index (χ1) is 13.4. The van der Waals surface area contributed by atoms with Crippen molar-refractivity contribution in [3.05, 3.63) is 35.9 Å². The number of benzene rings is 1. The van der Waals surface area contributed by atoms with Crippen molar-refractivity contribution in [3.8, 4) is 0 Å². The lowest BCUT2D eigenvalue weighted by atomic mass is 9.86. The van der Waals surface area contributed by atoms with E-state index >= 15 is 0 Å². The Balaban J connectivity index is 1.72. The molecule has 5 heteroatoms. The Morgan fingerprint density at radius 2 is 1.89 bits per heavy atom. The van der Waals surface area contributed by atoms with Crippen LogP contribution in [0.4, 0.5) is 0 Å². The SMILES string of the molecule is CN=C(NCC(C)(C)CCCc1ccccc1)N1CCC(CC(=O)NC)CC1. The zero-order chi connectivity index (χ0) is 20.4. The van der Waals surface area contributed by atoms with Gasteiger partial charge in [-0.1, -0.05) is 44.2 Å². The molecule has 0 bridgehead atoms. The van der Waals surface area contributed by atoms with Gasteiger partial charge in [-0.15, -0.1) is 0 Å². The first kappa shape index (κ1) is 22.3. The molecule has 0 aliphatic carbocycles. The molecule has 1 fully saturated rings. The molecular formula is C23H38N4O. The second-order valence-corrected chi connectivity index (χ2v) is 8.71. The van der Waals surface area contributed by atoms with Gasteiger partial charge in [-0.05, 0) is 49.0 Å². The van der Waals surface area contributed by atoms with E-state index in [2.05, 4.69) is 64.7 Å². The van der Waals surface area contributed by atoms with Crippen LogP contribution < -0.4 is 10.6 Å². The average molecular weight is 387 g/mol. The first-order valence-electron chi connectivity index (χ1n) is 10.6. The zero-order valence-electron chi connectivity index (χ0n) is 18.1. The predicted octanol–water partition coefficient (Wildman–Crippen LogP) is 3.46. The quantitative estimate of drug-likeness (QED) is 0.531. The van der Waals surface area contributed by atoms with E-state index in [1.807, 2.05) is 7.05 Å². The Morgan fingerprint density at radius 1 is 1.21 bits per heavy atom. The molecule has 156 valence electrons. The molecule has 0 spiro atoms. The number of hydrogen-bond donors (Lipinski definition) is 2. The van der Waals surface area contributed by atoms with Crippen LogP contribution in [0.1, 0.15) is 51.5 Å².